The average molecular weight is 333 g/mol. The Morgan fingerprint density at radius 2 is 1.45 bits per heavy atom. The van der Waals surface area contributed by atoms with Crippen LogP contribution < -0.4 is 8.92 Å². The molecular formula is C15H10O4Se. The van der Waals surface area contributed by atoms with Crippen LogP contribution in [0.15, 0.2) is 48.5 Å². The first-order valence-electron chi connectivity index (χ1n) is 5.91. The number of carbonyl (C=O) groups excluding carboxylic acids is 2. The molecule has 4 nitrogen and oxygen atoms in total. The van der Waals surface area contributed by atoms with Gasteiger partial charge in [0.15, 0.2) is 0 Å². The molecular weight excluding hydrogens is 323 g/mol. The fraction of sp³-hybridized carbons (Fsp3) is 0.0667. The zero-order valence-corrected chi connectivity index (χ0v) is 12.0. The topological polar surface area (TPSA) is 74.6 Å². The van der Waals surface area contributed by atoms with Crippen molar-refractivity contribution in [1.29, 1.82) is 0 Å². The second-order valence-corrected chi connectivity index (χ2v) is 6.86. The zero-order valence-electron chi connectivity index (χ0n) is 10.2. The summed E-state index contributed by atoms with van der Waals surface area (Å²) in [5.74, 6) is -4.79. The van der Waals surface area contributed by atoms with E-state index in [1.807, 2.05) is 30.3 Å². The predicted molar refractivity (Wildman–Crippen MR) is 73.7 cm³/mol. The van der Waals surface area contributed by atoms with Gasteiger partial charge in [0.05, 0.1) is 0 Å². The second kappa shape index (κ2) is 4.65. The first-order valence-corrected chi connectivity index (χ1v) is 7.63. The number of benzene rings is 2. The maximum atomic E-state index is 11.8. The number of ketones is 2. The van der Waals surface area contributed by atoms with Gasteiger partial charge in [0, 0.05) is 0 Å². The molecule has 0 radical (unpaired) electrons. The van der Waals surface area contributed by atoms with Crippen LogP contribution >= 0.6 is 0 Å². The van der Waals surface area contributed by atoms with Crippen molar-refractivity contribution < 1.29 is 19.8 Å². The van der Waals surface area contributed by atoms with Gasteiger partial charge in [-0.25, -0.2) is 0 Å². The van der Waals surface area contributed by atoms with Gasteiger partial charge < -0.3 is 0 Å². The zero-order chi connectivity index (χ0) is 14.3. The van der Waals surface area contributed by atoms with Gasteiger partial charge in [0.2, 0.25) is 0 Å². The number of hydrogen-bond donors (Lipinski definition) is 2. The fourth-order valence-electron chi connectivity index (χ4n) is 2.08. The van der Waals surface area contributed by atoms with E-state index in [4.69, 9.17) is 0 Å². The van der Waals surface area contributed by atoms with Crippen LogP contribution in [-0.4, -0.2) is 42.5 Å². The molecule has 2 N–H and O–H groups in total. The monoisotopic (exact) mass is 334 g/mol. The molecule has 1 aliphatic carbocycles. The van der Waals surface area contributed by atoms with Gasteiger partial charge in [-0.3, -0.25) is 0 Å². The summed E-state index contributed by atoms with van der Waals surface area (Å²) in [5, 5.41) is 19.0. The van der Waals surface area contributed by atoms with Crippen LogP contribution in [-0.2, 0) is 0 Å². The molecule has 0 atom stereocenters. The van der Waals surface area contributed by atoms with Gasteiger partial charge in [-0.05, 0) is 0 Å². The molecule has 0 heterocycles. The molecule has 20 heavy (non-hydrogen) atoms. The van der Waals surface area contributed by atoms with Crippen molar-refractivity contribution in [3.8, 4) is 0 Å². The van der Waals surface area contributed by atoms with E-state index in [1.54, 1.807) is 12.1 Å². The summed E-state index contributed by atoms with van der Waals surface area (Å²) < 4.78 is 2.04. The van der Waals surface area contributed by atoms with Crippen molar-refractivity contribution in [3.05, 3.63) is 59.7 Å². The van der Waals surface area contributed by atoms with Crippen LogP contribution in [0.3, 0.4) is 0 Å². The third-order valence-corrected chi connectivity index (χ3v) is 5.19. The van der Waals surface area contributed by atoms with Crippen LogP contribution in [0.4, 0.5) is 0 Å². The number of aliphatic hydroxyl groups is 2. The number of hydrogen-bond acceptors (Lipinski definition) is 4. The van der Waals surface area contributed by atoms with Crippen LogP contribution in [0.25, 0.3) is 0 Å². The Bertz CT molecular complexity index is 707. The fourth-order valence-corrected chi connectivity index (χ4v) is 3.92. The molecule has 2 aromatic carbocycles. The van der Waals surface area contributed by atoms with Crippen molar-refractivity contribution in [2.75, 3.05) is 0 Å². The summed E-state index contributed by atoms with van der Waals surface area (Å²) in [6.07, 6.45) is 0. The molecule has 3 rings (SSSR count). The second-order valence-electron chi connectivity index (χ2n) is 4.45. The van der Waals surface area contributed by atoms with E-state index in [0.29, 0.717) is 0 Å². The van der Waals surface area contributed by atoms with Gasteiger partial charge in [0.1, 0.15) is 0 Å². The molecule has 5 heteroatoms. The molecule has 0 aromatic heterocycles. The van der Waals surface area contributed by atoms with Crippen molar-refractivity contribution >= 4 is 35.4 Å². The molecule has 0 saturated carbocycles. The number of fused-ring (bicyclic) bond motifs is 1. The molecule has 0 saturated heterocycles. The molecule has 0 spiro atoms. The molecule has 0 aliphatic heterocycles. The van der Waals surface area contributed by atoms with Crippen LogP contribution in [0.1, 0.15) is 20.7 Å². The number of Topliss-reactive ketones (excluding diaryl/α,β-unsaturated/α-hetero) is 2. The van der Waals surface area contributed by atoms with Crippen molar-refractivity contribution in [2.45, 2.75) is 5.79 Å². The van der Waals surface area contributed by atoms with E-state index in [2.05, 4.69) is 0 Å². The van der Waals surface area contributed by atoms with Crippen molar-refractivity contribution in [2.24, 2.45) is 0 Å². The minimum atomic E-state index is -2.90. The SMILES string of the molecule is O=C1c2ccc([Se]c3ccccc3)cc2C(=O)C1(O)O. The van der Waals surface area contributed by atoms with Gasteiger partial charge in [-0.1, -0.05) is 0 Å². The third-order valence-electron chi connectivity index (χ3n) is 3.09. The molecule has 0 unspecified atom stereocenters. The molecule has 0 fully saturated rings. The number of carbonyl (C=O) groups is 2. The summed E-state index contributed by atoms with van der Waals surface area (Å²) in [7, 11) is 0. The van der Waals surface area contributed by atoms with Crippen LogP contribution in [0.2, 0.25) is 0 Å². The average Bonchev–Trinajstić information content (AvgIpc) is 2.62. The summed E-state index contributed by atoms with van der Waals surface area (Å²) >= 11 is -0.00419. The number of rotatable bonds is 2. The van der Waals surface area contributed by atoms with E-state index in [9.17, 15) is 19.8 Å². The van der Waals surface area contributed by atoms with Gasteiger partial charge in [0.25, 0.3) is 0 Å². The first kappa shape index (κ1) is 13.2. The summed E-state index contributed by atoms with van der Waals surface area (Å²) in [5.41, 5.74) is 0.169. The van der Waals surface area contributed by atoms with E-state index in [1.165, 1.54) is 6.07 Å². The Labute approximate surface area is 121 Å². The van der Waals surface area contributed by atoms with Crippen LogP contribution in [0.5, 0.6) is 0 Å². The van der Waals surface area contributed by atoms with E-state index in [-0.39, 0.29) is 26.1 Å². The van der Waals surface area contributed by atoms with Gasteiger partial charge in [-0.2, -0.15) is 0 Å². The van der Waals surface area contributed by atoms with Crippen molar-refractivity contribution in [1.82, 2.24) is 0 Å². The molecule has 1 aliphatic rings. The third kappa shape index (κ3) is 2.01. The Morgan fingerprint density at radius 3 is 2.15 bits per heavy atom. The van der Waals surface area contributed by atoms with Crippen LogP contribution in [0, 0.1) is 0 Å². The predicted octanol–water partition coefficient (Wildman–Crippen LogP) is -0.598. The molecule has 0 amide bonds. The minimum absolute atomic E-state index is 0.00419. The molecule has 100 valence electrons. The Hall–Kier alpha value is -1.78. The quantitative estimate of drug-likeness (QED) is 0.437. The first-order chi connectivity index (χ1) is 9.50. The Morgan fingerprint density at radius 1 is 0.800 bits per heavy atom. The molecule has 2 aromatic rings. The Kier molecular flexibility index (Phi) is 3.07. The van der Waals surface area contributed by atoms with Gasteiger partial charge in [-0.15, -0.1) is 0 Å². The standard InChI is InChI=1S/C15H10O4Se/c16-13-11-7-6-10(20-9-4-2-1-3-5-9)8-12(11)14(17)15(13,18)19/h1-8,18-19H. The van der Waals surface area contributed by atoms with Gasteiger partial charge >= 0.3 is 121 Å². The summed E-state index contributed by atoms with van der Waals surface area (Å²) in [4.78, 5) is 23.5. The Balaban J connectivity index is 1.98. The molecule has 0 bridgehead atoms. The van der Waals surface area contributed by atoms with E-state index < -0.39 is 17.4 Å². The summed E-state index contributed by atoms with van der Waals surface area (Å²) in [6.45, 7) is 0. The summed E-state index contributed by atoms with van der Waals surface area (Å²) in [6, 6.07) is 14.6. The van der Waals surface area contributed by atoms with E-state index in [0.717, 1.165) is 8.92 Å². The maximum absolute atomic E-state index is 11.8. The van der Waals surface area contributed by atoms with E-state index >= 15 is 0 Å². The van der Waals surface area contributed by atoms with Crippen molar-refractivity contribution in [3.63, 3.8) is 0 Å². The normalized spacial score (nSPS) is 16.3.